The molecule has 15 heavy (non-hydrogen) atoms. The second-order valence-electron chi connectivity index (χ2n) is 2.99. The van der Waals surface area contributed by atoms with Crippen LogP contribution >= 0.6 is 0 Å². The largest absolute Gasteiger partial charge is 0.415 e. The maximum Gasteiger partial charge on any atom is 0.415 e. The van der Waals surface area contributed by atoms with Gasteiger partial charge in [-0.05, 0) is 6.92 Å². The van der Waals surface area contributed by atoms with Crippen LogP contribution in [0.2, 0.25) is 0 Å². The highest BCUT2D eigenvalue weighted by Gasteiger charge is 2.53. The van der Waals surface area contributed by atoms with E-state index in [0.29, 0.717) is 6.92 Å². The van der Waals surface area contributed by atoms with Gasteiger partial charge in [-0.15, -0.1) is 0 Å². The number of alkyl halides is 3. The van der Waals surface area contributed by atoms with Crippen LogP contribution in [0, 0.1) is 0 Å². The topological polar surface area (TPSA) is 108 Å². The van der Waals surface area contributed by atoms with Gasteiger partial charge < -0.3 is 16.0 Å². The predicted octanol–water partition coefficient (Wildman–Crippen LogP) is -0.0953. The fourth-order valence-corrected chi connectivity index (χ4v) is 0.656. The summed E-state index contributed by atoms with van der Waals surface area (Å²) in [6, 6.07) is 0. The summed E-state index contributed by atoms with van der Waals surface area (Å²) in [5.41, 5.74) is 6.88. The number of aromatic nitrogens is 2. The Morgan fingerprint density at radius 1 is 1.47 bits per heavy atom. The minimum atomic E-state index is -4.77. The first-order valence-electron chi connectivity index (χ1n) is 3.66. The SMILES string of the molecule is CC(N)(c1nc(C(N)=O)no1)C(F)(F)F. The summed E-state index contributed by atoms with van der Waals surface area (Å²) in [5.74, 6) is -2.65. The molecular weight excluding hydrogens is 217 g/mol. The van der Waals surface area contributed by atoms with Gasteiger partial charge in [-0.25, -0.2) is 0 Å². The molecule has 0 aliphatic carbocycles. The van der Waals surface area contributed by atoms with Crippen molar-refractivity contribution in [3.8, 4) is 0 Å². The maximum atomic E-state index is 12.4. The zero-order valence-corrected chi connectivity index (χ0v) is 7.50. The molecule has 9 heteroatoms. The van der Waals surface area contributed by atoms with Crippen molar-refractivity contribution in [1.29, 1.82) is 0 Å². The molecule has 1 atom stereocenters. The summed E-state index contributed by atoms with van der Waals surface area (Å²) in [6.07, 6.45) is -4.77. The third-order valence-electron chi connectivity index (χ3n) is 1.68. The zero-order valence-electron chi connectivity index (χ0n) is 7.50. The lowest BCUT2D eigenvalue weighted by Gasteiger charge is -2.22. The first-order valence-corrected chi connectivity index (χ1v) is 3.66. The highest BCUT2D eigenvalue weighted by molar-refractivity contribution is 5.88. The Bertz CT molecular complexity index is 384. The number of primary amides is 1. The molecule has 6 nitrogen and oxygen atoms in total. The zero-order chi connectivity index (χ0) is 11.9. The van der Waals surface area contributed by atoms with Crippen molar-refractivity contribution in [1.82, 2.24) is 10.1 Å². The van der Waals surface area contributed by atoms with Gasteiger partial charge in [0.25, 0.3) is 17.6 Å². The summed E-state index contributed by atoms with van der Waals surface area (Å²) < 4.78 is 41.3. The lowest BCUT2D eigenvalue weighted by Crippen LogP contribution is -2.48. The van der Waals surface area contributed by atoms with Gasteiger partial charge in [0.15, 0.2) is 5.54 Å². The van der Waals surface area contributed by atoms with E-state index >= 15 is 0 Å². The van der Waals surface area contributed by atoms with Crippen LogP contribution < -0.4 is 11.5 Å². The Balaban J connectivity index is 3.11. The standard InChI is InChI=1S/C6H7F3N4O2/c1-5(11,6(7,8)9)4-12-3(2(10)14)13-15-4/h11H2,1H3,(H2,10,14). The fraction of sp³-hybridized carbons (Fsp3) is 0.500. The molecule has 0 aromatic carbocycles. The maximum absolute atomic E-state index is 12.4. The Labute approximate surface area is 81.4 Å². The Hall–Kier alpha value is -1.64. The molecule has 1 heterocycles. The normalized spacial score (nSPS) is 16.1. The molecule has 1 rings (SSSR count). The minimum Gasteiger partial charge on any atom is -0.363 e. The molecule has 1 aromatic rings. The van der Waals surface area contributed by atoms with E-state index in [0.717, 1.165) is 0 Å². The van der Waals surface area contributed by atoms with Crippen molar-refractivity contribution >= 4 is 5.91 Å². The number of carbonyl (C=O) groups excluding carboxylic acids is 1. The molecule has 84 valence electrons. The number of carbonyl (C=O) groups is 1. The third kappa shape index (κ3) is 1.91. The quantitative estimate of drug-likeness (QED) is 0.729. The van der Waals surface area contributed by atoms with E-state index in [1.807, 2.05) is 0 Å². The lowest BCUT2D eigenvalue weighted by molar-refractivity contribution is -0.190. The van der Waals surface area contributed by atoms with Crippen molar-refractivity contribution in [3.63, 3.8) is 0 Å². The van der Waals surface area contributed by atoms with Gasteiger partial charge in [-0.2, -0.15) is 18.2 Å². The van der Waals surface area contributed by atoms with E-state index in [4.69, 9.17) is 11.5 Å². The van der Waals surface area contributed by atoms with E-state index < -0.39 is 29.3 Å². The average molecular weight is 224 g/mol. The van der Waals surface area contributed by atoms with Gasteiger partial charge in [0, 0.05) is 0 Å². The Morgan fingerprint density at radius 3 is 2.33 bits per heavy atom. The molecule has 4 N–H and O–H groups in total. The summed E-state index contributed by atoms with van der Waals surface area (Å²) in [7, 11) is 0. The predicted molar refractivity (Wildman–Crippen MR) is 40.4 cm³/mol. The van der Waals surface area contributed by atoms with E-state index in [1.54, 1.807) is 0 Å². The van der Waals surface area contributed by atoms with Crippen LogP contribution in [0.5, 0.6) is 0 Å². The first kappa shape index (κ1) is 11.4. The van der Waals surface area contributed by atoms with Gasteiger partial charge >= 0.3 is 6.18 Å². The Morgan fingerprint density at radius 2 is 2.00 bits per heavy atom. The molecule has 1 unspecified atom stereocenters. The number of nitrogens with two attached hydrogens (primary N) is 2. The molecule has 0 spiro atoms. The number of nitrogens with zero attached hydrogens (tertiary/aromatic N) is 2. The van der Waals surface area contributed by atoms with Crippen molar-refractivity contribution in [2.45, 2.75) is 18.6 Å². The highest BCUT2D eigenvalue weighted by Crippen LogP contribution is 2.35. The van der Waals surface area contributed by atoms with Crippen LogP contribution in [0.3, 0.4) is 0 Å². The lowest BCUT2D eigenvalue weighted by atomic mass is 10.0. The molecule has 0 fully saturated rings. The van der Waals surface area contributed by atoms with E-state index in [2.05, 4.69) is 14.7 Å². The number of hydrogen-bond acceptors (Lipinski definition) is 5. The van der Waals surface area contributed by atoms with Crippen LogP contribution in [-0.4, -0.2) is 22.2 Å². The second kappa shape index (κ2) is 3.19. The third-order valence-corrected chi connectivity index (χ3v) is 1.68. The summed E-state index contributed by atoms with van der Waals surface area (Å²) in [6.45, 7) is 0.644. The van der Waals surface area contributed by atoms with Crippen LogP contribution in [0.1, 0.15) is 23.4 Å². The van der Waals surface area contributed by atoms with Crippen LogP contribution in [-0.2, 0) is 5.54 Å². The molecule has 1 aromatic heterocycles. The van der Waals surface area contributed by atoms with Crippen molar-refractivity contribution in [3.05, 3.63) is 11.7 Å². The number of rotatable bonds is 2. The molecule has 1 amide bonds. The van der Waals surface area contributed by atoms with Gasteiger partial charge in [-0.3, -0.25) is 4.79 Å². The van der Waals surface area contributed by atoms with Gasteiger partial charge in [0.2, 0.25) is 0 Å². The van der Waals surface area contributed by atoms with Crippen molar-refractivity contribution < 1.29 is 22.5 Å². The molecule has 0 saturated heterocycles. The Kier molecular flexibility index (Phi) is 2.43. The van der Waals surface area contributed by atoms with Crippen molar-refractivity contribution in [2.75, 3.05) is 0 Å². The summed E-state index contributed by atoms with van der Waals surface area (Å²) in [5, 5.41) is 2.95. The summed E-state index contributed by atoms with van der Waals surface area (Å²) in [4.78, 5) is 13.7. The monoisotopic (exact) mass is 224 g/mol. The van der Waals surface area contributed by atoms with E-state index in [1.165, 1.54) is 0 Å². The second-order valence-corrected chi connectivity index (χ2v) is 2.99. The number of amides is 1. The summed E-state index contributed by atoms with van der Waals surface area (Å²) >= 11 is 0. The van der Waals surface area contributed by atoms with Gasteiger partial charge in [0.05, 0.1) is 0 Å². The van der Waals surface area contributed by atoms with Crippen LogP contribution in [0.4, 0.5) is 13.2 Å². The van der Waals surface area contributed by atoms with Crippen molar-refractivity contribution in [2.24, 2.45) is 11.5 Å². The first-order chi connectivity index (χ1) is 6.66. The molecule has 0 saturated carbocycles. The molecule has 0 bridgehead atoms. The fourth-order valence-electron chi connectivity index (χ4n) is 0.656. The van der Waals surface area contributed by atoms with Crippen LogP contribution in [0.25, 0.3) is 0 Å². The highest BCUT2D eigenvalue weighted by atomic mass is 19.4. The minimum absolute atomic E-state index is 0.644. The molecule has 0 aliphatic heterocycles. The smallest absolute Gasteiger partial charge is 0.363 e. The van der Waals surface area contributed by atoms with E-state index in [-0.39, 0.29) is 0 Å². The number of halogens is 3. The number of hydrogen-bond donors (Lipinski definition) is 2. The molecule has 0 radical (unpaired) electrons. The van der Waals surface area contributed by atoms with Gasteiger partial charge in [-0.1, -0.05) is 5.16 Å². The molecule has 0 aliphatic rings. The molecular formula is C6H7F3N4O2. The van der Waals surface area contributed by atoms with Crippen LogP contribution in [0.15, 0.2) is 4.52 Å². The average Bonchev–Trinajstić information content (AvgIpc) is 2.49. The van der Waals surface area contributed by atoms with E-state index in [9.17, 15) is 18.0 Å². The van der Waals surface area contributed by atoms with Gasteiger partial charge in [0.1, 0.15) is 0 Å².